The van der Waals surface area contributed by atoms with Gasteiger partial charge in [-0.2, -0.15) is 0 Å². The molecule has 1 aliphatic heterocycles. The molecule has 0 amide bonds. The number of ketones is 1. The minimum atomic E-state index is -0.388. The van der Waals surface area contributed by atoms with E-state index in [0.717, 1.165) is 39.1 Å². The molecule has 0 bridgehead atoms. The second-order valence-electron chi connectivity index (χ2n) is 5.92. The molecule has 0 radical (unpaired) electrons. The molecule has 0 saturated heterocycles. The topological polar surface area (TPSA) is 26.3 Å². The first kappa shape index (κ1) is 13.9. The molecule has 0 aromatic heterocycles. The van der Waals surface area contributed by atoms with Gasteiger partial charge in [0.1, 0.15) is 5.75 Å². The molecule has 2 heteroatoms. The minimum Gasteiger partial charge on any atom is -0.482 e. The normalized spacial score (nSPS) is 16.5. The maximum absolute atomic E-state index is 12.9. The SMILES string of the molecule is Cc1cc(C)c(C)c(C(=O)C2Cc3ccccc3O2)c1C. The number of benzene rings is 2. The first-order valence-corrected chi connectivity index (χ1v) is 7.35. The van der Waals surface area contributed by atoms with E-state index < -0.39 is 0 Å². The van der Waals surface area contributed by atoms with Crippen LogP contribution in [0.3, 0.4) is 0 Å². The van der Waals surface area contributed by atoms with Gasteiger partial charge in [0.05, 0.1) is 0 Å². The Kier molecular flexibility index (Phi) is 3.32. The Labute approximate surface area is 125 Å². The van der Waals surface area contributed by atoms with Crippen LogP contribution in [0.2, 0.25) is 0 Å². The summed E-state index contributed by atoms with van der Waals surface area (Å²) < 4.78 is 5.86. The molecule has 21 heavy (non-hydrogen) atoms. The lowest BCUT2D eigenvalue weighted by molar-refractivity contribution is 0.0823. The van der Waals surface area contributed by atoms with Crippen molar-refractivity contribution in [3.63, 3.8) is 0 Å². The number of rotatable bonds is 2. The fourth-order valence-corrected chi connectivity index (χ4v) is 3.08. The molecule has 2 aromatic carbocycles. The lowest BCUT2D eigenvalue weighted by Crippen LogP contribution is -2.27. The van der Waals surface area contributed by atoms with Gasteiger partial charge in [-0.1, -0.05) is 24.3 Å². The molecule has 0 aliphatic carbocycles. The lowest BCUT2D eigenvalue weighted by atomic mass is 9.89. The smallest absolute Gasteiger partial charge is 0.204 e. The van der Waals surface area contributed by atoms with Crippen LogP contribution < -0.4 is 4.74 Å². The molecule has 0 saturated carbocycles. The van der Waals surface area contributed by atoms with Crippen LogP contribution in [-0.2, 0) is 6.42 Å². The molecule has 3 rings (SSSR count). The Balaban J connectivity index is 1.98. The first-order chi connectivity index (χ1) is 9.99. The third kappa shape index (κ3) is 2.25. The molecule has 0 spiro atoms. The Hall–Kier alpha value is -2.09. The molecule has 1 aliphatic rings. The van der Waals surface area contributed by atoms with Gasteiger partial charge in [0.15, 0.2) is 6.10 Å². The summed E-state index contributed by atoms with van der Waals surface area (Å²) in [6.07, 6.45) is 0.280. The summed E-state index contributed by atoms with van der Waals surface area (Å²) in [6, 6.07) is 10.0. The molecule has 1 heterocycles. The molecule has 1 atom stereocenters. The Morgan fingerprint density at radius 2 is 1.67 bits per heavy atom. The number of Topliss-reactive ketones (excluding diaryl/α,β-unsaturated/α-hetero) is 1. The largest absolute Gasteiger partial charge is 0.482 e. The summed E-state index contributed by atoms with van der Waals surface area (Å²) in [7, 11) is 0. The van der Waals surface area contributed by atoms with Crippen LogP contribution in [0.15, 0.2) is 30.3 Å². The maximum atomic E-state index is 12.9. The van der Waals surface area contributed by atoms with E-state index in [1.807, 2.05) is 38.1 Å². The van der Waals surface area contributed by atoms with Gasteiger partial charge >= 0.3 is 0 Å². The number of carbonyl (C=O) groups excluding carboxylic acids is 1. The molecular formula is C19H20O2. The molecular weight excluding hydrogens is 260 g/mol. The molecule has 1 unspecified atom stereocenters. The van der Waals surface area contributed by atoms with Crippen molar-refractivity contribution in [2.75, 3.05) is 0 Å². The Morgan fingerprint density at radius 1 is 1.05 bits per heavy atom. The Morgan fingerprint density at radius 3 is 2.29 bits per heavy atom. The van der Waals surface area contributed by atoms with Gasteiger partial charge in [0.25, 0.3) is 0 Å². The van der Waals surface area contributed by atoms with Crippen LogP contribution in [-0.4, -0.2) is 11.9 Å². The van der Waals surface area contributed by atoms with E-state index in [1.165, 1.54) is 0 Å². The van der Waals surface area contributed by atoms with Crippen LogP contribution in [0.4, 0.5) is 0 Å². The van der Waals surface area contributed by atoms with Crippen molar-refractivity contribution in [3.05, 3.63) is 63.7 Å². The molecule has 0 N–H and O–H groups in total. The summed E-state index contributed by atoms with van der Waals surface area (Å²) in [4.78, 5) is 12.9. The van der Waals surface area contributed by atoms with Gasteiger partial charge in [-0.25, -0.2) is 0 Å². The van der Waals surface area contributed by atoms with E-state index in [2.05, 4.69) is 19.9 Å². The van der Waals surface area contributed by atoms with Gasteiger partial charge in [0.2, 0.25) is 5.78 Å². The molecule has 108 valence electrons. The number of hydrogen-bond acceptors (Lipinski definition) is 2. The van der Waals surface area contributed by atoms with Crippen LogP contribution in [0, 0.1) is 27.7 Å². The third-order valence-electron chi connectivity index (χ3n) is 4.55. The van der Waals surface area contributed by atoms with Crippen molar-refractivity contribution in [3.8, 4) is 5.75 Å². The van der Waals surface area contributed by atoms with Crippen molar-refractivity contribution >= 4 is 5.78 Å². The van der Waals surface area contributed by atoms with Crippen LogP contribution in [0.25, 0.3) is 0 Å². The summed E-state index contributed by atoms with van der Waals surface area (Å²) >= 11 is 0. The van der Waals surface area contributed by atoms with Crippen molar-refractivity contribution in [1.82, 2.24) is 0 Å². The highest BCUT2D eigenvalue weighted by molar-refractivity contribution is 6.03. The highest BCUT2D eigenvalue weighted by Gasteiger charge is 2.31. The maximum Gasteiger partial charge on any atom is 0.204 e. The van der Waals surface area contributed by atoms with E-state index in [9.17, 15) is 4.79 Å². The highest BCUT2D eigenvalue weighted by atomic mass is 16.5. The predicted molar refractivity (Wildman–Crippen MR) is 84.3 cm³/mol. The number of ether oxygens (including phenoxy) is 1. The fourth-order valence-electron chi connectivity index (χ4n) is 3.08. The van der Waals surface area contributed by atoms with Crippen LogP contribution in [0.5, 0.6) is 5.75 Å². The standard InChI is InChI=1S/C19H20O2/c1-11-9-12(2)14(4)18(13(11)3)19(20)17-10-15-7-5-6-8-16(15)21-17/h5-9,17H,10H2,1-4H3. The van der Waals surface area contributed by atoms with Gasteiger partial charge in [0, 0.05) is 12.0 Å². The summed E-state index contributed by atoms with van der Waals surface area (Å²) in [5, 5.41) is 0. The number of aryl methyl sites for hydroxylation is 2. The third-order valence-corrected chi connectivity index (χ3v) is 4.55. The number of hydrogen-bond donors (Lipinski definition) is 0. The van der Waals surface area contributed by atoms with Crippen molar-refractivity contribution in [2.45, 2.75) is 40.2 Å². The lowest BCUT2D eigenvalue weighted by Gasteiger charge is -2.17. The van der Waals surface area contributed by atoms with Crippen molar-refractivity contribution in [1.29, 1.82) is 0 Å². The van der Waals surface area contributed by atoms with E-state index in [1.54, 1.807) is 0 Å². The van der Waals surface area contributed by atoms with Crippen LogP contribution in [0.1, 0.15) is 38.2 Å². The van der Waals surface area contributed by atoms with E-state index in [-0.39, 0.29) is 11.9 Å². The molecule has 2 nitrogen and oxygen atoms in total. The summed E-state index contributed by atoms with van der Waals surface area (Å²) in [5.41, 5.74) is 6.43. The quantitative estimate of drug-likeness (QED) is 0.774. The van der Waals surface area contributed by atoms with Gasteiger partial charge < -0.3 is 4.74 Å². The fraction of sp³-hybridized carbons (Fsp3) is 0.316. The minimum absolute atomic E-state index is 0.105. The number of carbonyl (C=O) groups is 1. The van der Waals surface area contributed by atoms with Crippen molar-refractivity contribution < 1.29 is 9.53 Å². The second-order valence-corrected chi connectivity index (χ2v) is 5.92. The second kappa shape index (κ2) is 5.03. The average molecular weight is 280 g/mol. The zero-order valence-electron chi connectivity index (χ0n) is 13.0. The predicted octanol–water partition coefficient (Wildman–Crippen LogP) is 4.11. The van der Waals surface area contributed by atoms with E-state index in [4.69, 9.17) is 4.74 Å². The first-order valence-electron chi connectivity index (χ1n) is 7.35. The molecule has 0 fully saturated rings. The zero-order valence-corrected chi connectivity index (χ0v) is 13.0. The number of para-hydroxylation sites is 1. The monoisotopic (exact) mass is 280 g/mol. The van der Waals surface area contributed by atoms with Crippen LogP contribution >= 0.6 is 0 Å². The average Bonchev–Trinajstić information content (AvgIpc) is 2.89. The van der Waals surface area contributed by atoms with Gasteiger partial charge in [-0.3, -0.25) is 4.79 Å². The van der Waals surface area contributed by atoms with Gasteiger partial charge in [-0.15, -0.1) is 0 Å². The zero-order chi connectivity index (χ0) is 15.1. The number of fused-ring (bicyclic) bond motifs is 1. The highest BCUT2D eigenvalue weighted by Crippen LogP contribution is 2.31. The van der Waals surface area contributed by atoms with E-state index in [0.29, 0.717) is 6.42 Å². The van der Waals surface area contributed by atoms with Crippen molar-refractivity contribution in [2.24, 2.45) is 0 Å². The summed E-state index contributed by atoms with van der Waals surface area (Å²) in [6.45, 7) is 8.17. The summed E-state index contributed by atoms with van der Waals surface area (Å²) in [5.74, 6) is 0.948. The Bertz CT molecular complexity index is 677. The van der Waals surface area contributed by atoms with Gasteiger partial charge in [-0.05, 0) is 61.6 Å². The molecule has 2 aromatic rings. The van der Waals surface area contributed by atoms with E-state index >= 15 is 0 Å².